The molecule has 0 aliphatic carbocycles. The number of ether oxygens (including phenoxy) is 1. The maximum absolute atomic E-state index is 11.5. The van der Waals surface area contributed by atoms with Crippen LogP contribution in [0.1, 0.15) is 26.3 Å². The van der Waals surface area contributed by atoms with Gasteiger partial charge >= 0.3 is 5.97 Å². The van der Waals surface area contributed by atoms with Crippen molar-refractivity contribution in [3.8, 4) is 0 Å². The zero-order chi connectivity index (χ0) is 12.8. The van der Waals surface area contributed by atoms with Crippen LogP contribution in [-0.4, -0.2) is 25.7 Å². The summed E-state index contributed by atoms with van der Waals surface area (Å²) in [7, 11) is 1.89. The van der Waals surface area contributed by atoms with Gasteiger partial charge in [-0.05, 0) is 38.0 Å². The van der Waals surface area contributed by atoms with Crippen LogP contribution in [0.4, 0.5) is 5.69 Å². The summed E-state index contributed by atoms with van der Waals surface area (Å²) in [6, 6.07) is 8.22. The number of anilines is 1. The van der Waals surface area contributed by atoms with Crippen molar-refractivity contribution in [2.24, 2.45) is 0 Å². The van der Waals surface area contributed by atoms with Crippen molar-refractivity contribution in [2.45, 2.75) is 33.3 Å². The molecule has 3 nitrogen and oxygen atoms in total. The summed E-state index contributed by atoms with van der Waals surface area (Å²) in [5.41, 5.74) is 2.33. The molecule has 0 fully saturated rings. The second-order valence-corrected chi connectivity index (χ2v) is 4.41. The van der Waals surface area contributed by atoms with Crippen LogP contribution in [0.3, 0.4) is 0 Å². The number of esters is 1. The van der Waals surface area contributed by atoms with E-state index in [4.69, 9.17) is 4.74 Å². The van der Waals surface area contributed by atoms with Gasteiger partial charge in [-0.15, -0.1) is 0 Å². The van der Waals surface area contributed by atoms with Crippen molar-refractivity contribution in [3.63, 3.8) is 0 Å². The van der Waals surface area contributed by atoms with E-state index in [1.807, 2.05) is 37.9 Å². The van der Waals surface area contributed by atoms with Gasteiger partial charge in [0.15, 0.2) is 0 Å². The molecule has 0 aliphatic heterocycles. The summed E-state index contributed by atoms with van der Waals surface area (Å²) in [6.45, 7) is 6.12. The number of likely N-dealkylation sites (N-methyl/N-ethyl adjacent to an activating group) is 1. The molecule has 0 aromatic heterocycles. The Labute approximate surface area is 103 Å². The molecule has 17 heavy (non-hydrogen) atoms. The predicted octanol–water partition coefficient (Wildman–Crippen LogP) is 2.64. The Hall–Kier alpha value is -1.51. The van der Waals surface area contributed by atoms with Crippen molar-refractivity contribution in [3.05, 3.63) is 29.8 Å². The Morgan fingerprint density at radius 2 is 1.88 bits per heavy atom. The predicted molar refractivity (Wildman–Crippen MR) is 70.3 cm³/mol. The van der Waals surface area contributed by atoms with E-state index >= 15 is 0 Å². The molecule has 1 rings (SSSR count). The van der Waals surface area contributed by atoms with Crippen LogP contribution < -0.4 is 4.90 Å². The first-order valence-corrected chi connectivity index (χ1v) is 6.02. The maximum Gasteiger partial charge on any atom is 0.325 e. The Balaban J connectivity index is 2.56. The third-order valence-corrected chi connectivity index (χ3v) is 2.52. The topological polar surface area (TPSA) is 29.5 Å². The van der Waals surface area contributed by atoms with Gasteiger partial charge < -0.3 is 9.64 Å². The lowest BCUT2D eigenvalue weighted by atomic mass is 10.1. The van der Waals surface area contributed by atoms with E-state index in [1.54, 1.807) is 0 Å². The Morgan fingerprint density at radius 3 is 2.35 bits per heavy atom. The second-order valence-electron chi connectivity index (χ2n) is 4.41. The van der Waals surface area contributed by atoms with Crippen molar-refractivity contribution >= 4 is 11.7 Å². The van der Waals surface area contributed by atoms with Gasteiger partial charge in [-0.1, -0.05) is 19.1 Å². The Bertz CT molecular complexity index is 357. The first-order chi connectivity index (χ1) is 8.02. The van der Waals surface area contributed by atoms with Crippen LogP contribution >= 0.6 is 0 Å². The van der Waals surface area contributed by atoms with Gasteiger partial charge in [-0.25, -0.2) is 0 Å². The molecule has 0 atom stereocenters. The lowest BCUT2D eigenvalue weighted by molar-refractivity contribution is -0.145. The lowest BCUT2D eigenvalue weighted by Crippen LogP contribution is -2.28. The highest BCUT2D eigenvalue weighted by Crippen LogP contribution is 2.14. The molecule has 3 heteroatoms. The standard InChI is InChI=1S/C14H21NO2/c1-5-12-6-8-13(9-7-12)15(4)10-14(16)17-11(2)3/h6-9,11H,5,10H2,1-4H3. The van der Waals surface area contributed by atoms with Crippen molar-refractivity contribution in [1.82, 2.24) is 0 Å². The number of carbonyl (C=O) groups is 1. The fourth-order valence-corrected chi connectivity index (χ4v) is 1.57. The van der Waals surface area contributed by atoms with Gasteiger partial charge in [0.1, 0.15) is 6.54 Å². The molecule has 1 aromatic rings. The molecule has 0 unspecified atom stereocenters. The van der Waals surface area contributed by atoms with Crippen LogP contribution in [0, 0.1) is 0 Å². The fourth-order valence-electron chi connectivity index (χ4n) is 1.57. The van der Waals surface area contributed by atoms with E-state index in [2.05, 4.69) is 19.1 Å². The van der Waals surface area contributed by atoms with Gasteiger partial charge in [0.2, 0.25) is 0 Å². The van der Waals surface area contributed by atoms with E-state index in [0.717, 1.165) is 12.1 Å². The first kappa shape index (κ1) is 13.6. The summed E-state index contributed by atoms with van der Waals surface area (Å²) in [5.74, 6) is -0.193. The molecule has 0 bridgehead atoms. The van der Waals surface area contributed by atoms with Crippen LogP contribution in [-0.2, 0) is 16.0 Å². The Morgan fingerprint density at radius 1 is 1.29 bits per heavy atom. The van der Waals surface area contributed by atoms with Crippen LogP contribution in [0.5, 0.6) is 0 Å². The van der Waals surface area contributed by atoms with Crippen molar-refractivity contribution in [1.29, 1.82) is 0 Å². The molecule has 0 aliphatic rings. The Kier molecular flexibility index (Phi) is 5.01. The average molecular weight is 235 g/mol. The normalized spacial score (nSPS) is 10.4. The molecule has 0 saturated carbocycles. The number of aryl methyl sites for hydroxylation is 1. The highest BCUT2D eigenvalue weighted by molar-refractivity contribution is 5.75. The van der Waals surface area contributed by atoms with E-state index in [9.17, 15) is 4.79 Å². The molecule has 1 aromatic carbocycles. The van der Waals surface area contributed by atoms with Gasteiger partial charge in [-0.2, -0.15) is 0 Å². The summed E-state index contributed by atoms with van der Waals surface area (Å²) < 4.78 is 5.11. The number of carbonyl (C=O) groups excluding carboxylic acids is 1. The average Bonchev–Trinajstić information content (AvgIpc) is 2.28. The minimum atomic E-state index is -0.193. The molecule has 0 radical (unpaired) electrons. The molecule has 0 spiro atoms. The zero-order valence-electron chi connectivity index (χ0n) is 11.1. The molecular weight excluding hydrogens is 214 g/mol. The minimum absolute atomic E-state index is 0.0571. The van der Waals surface area contributed by atoms with E-state index in [1.165, 1.54) is 5.56 Å². The summed E-state index contributed by atoms with van der Waals surface area (Å²) in [5, 5.41) is 0. The number of nitrogens with zero attached hydrogens (tertiary/aromatic N) is 1. The first-order valence-electron chi connectivity index (χ1n) is 6.02. The monoisotopic (exact) mass is 235 g/mol. The quantitative estimate of drug-likeness (QED) is 0.735. The molecule has 0 heterocycles. The van der Waals surface area contributed by atoms with E-state index in [-0.39, 0.29) is 18.6 Å². The highest BCUT2D eigenvalue weighted by Gasteiger charge is 2.09. The molecule has 0 amide bonds. The molecular formula is C14H21NO2. The number of hydrogen-bond acceptors (Lipinski definition) is 3. The smallest absolute Gasteiger partial charge is 0.325 e. The number of hydrogen-bond donors (Lipinski definition) is 0. The van der Waals surface area contributed by atoms with Gasteiger partial charge in [0.25, 0.3) is 0 Å². The van der Waals surface area contributed by atoms with Crippen LogP contribution in [0.15, 0.2) is 24.3 Å². The number of rotatable bonds is 5. The van der Waals surface area contributed by atoms with Crippen LogP contribution in [0.25, 0.3) is 0 Å². The fraction of sp³-hybridized carbons (Fsp3) is 0.500. The highest BCUT2D eigenvalue weighted by atomic mass is 16.5. The van der Waals surface area contributed by atoms with Gasteiger partial charge in [0.05, 0.1) is 6.10 Å². The van der Waals surface area contributed by atoms with Gasteiger partial charge in [-0.3, -0.25) is 4.79 Å². The summed E-state index contributed by atoms with van der Waals surface area (Å²) in [6.07, 6.45) is 0.970. The third-order valence-electron chi connectivity index (χ3n) is 2.52. The van der Waals surface area contributed by atoms with Crippen LogP contribution in [0.2, 0.25) is 0 Å². The minimum Gasteiger partial charge on any atom is -0.462 e. The van der Waals surface area contributed by atoms with Crippen molar-refractivity contribution in [2.75, 3.05) is 18.5 Å². The molecule has 0 saturated heterocycles. The van der Waals surface area contributed by atoms with E-state index < -0.39 is 0 Å². The molecule has 0 N–H and O–H groups in total. The summed E-state index contributed by atoms with van der Waals surface area (Å²) >= 11 is 0. The maximum atomic E-state index is 11.5. The zero-order valence-corrected chi connectivity index (χ0v) is 11.1. The van der Waals surface area contributed by atoms with Gasteiger partial charge in [0, 0.05) is 12.7 Å². The number of benzene rings is 1. The van der Waals surface area contributed by atoms with E-state index in [0.29, 0.717) is 0 Å². The largest absolute Gasteiger partial charge is 0.462 e. The summed E-state index contributed by atoms with van der Waals surface area (Å²) in [4.78, 5) is 13.4. The second kappa shape index (κ2) is 6.28. The third kappa shape index (κ3) is 4.47. The lowest BCUT2D eigenvalue weighted by Gasteiger charge is -2.19. The molecule has 94 valence electrons. The SMILES string of the molecule is CCc1ccc(N(C)CC(=O)OC(C)C)cc1. The van der Waals surface area contributed by atoms with Crippen molar-refractivity contribution < 1.29 is 9.53 Å².